The van der Waals surface area contributed by atoms with Crippen LogP contribution in [0.4, 0.5) is 13.2 Å². The van der Waals surface area contributed by atoms with Crippen LogP contribution in [0.3, 0.4) is 0 Å². The minimum atomic E-state index is -4.40. The highest BCUT2D eigenvalue weighted by Crippen LogP contribution is 2.30. The molecule has 0 radical (unpaired) electrons. The Morgan fingerprint density at radius 2 is 1.76 bits per heavy atom. The second-order valence-electron chi connectivity index (χ2n) is 6.59. The highest BCUT2D eigenvalue weighted by atomic mass is 19.4. The number of halogens is 3. The molecule has 152 valence electrons. The standard InChI is InChI=1S/C21H20F3N3O2/c1-26(12-17-11-25-27(14-17)13-16-5-3-2-4-6-16)20(28)15-29-19-9-7-18(8-10-19)21(22,23)24/h2-11,14H,12-13,15H2,1H3. The van der Waals surface area contributed by atoms with Crippen LogP contribution in [0.25, 0.3) is 0 Å². The Morgan fingerprint density at radius 3 is 2.41 bits per heavy atom. The van der Waals surface area contributed by atoms with E-state index in [-0.39, 0.29) is 18.3 Å². The van der Waals surface area contributed by atoms with Crippen molar-refractivity contribution in [3.63, 3.8) is 0 Å². The van der Waals surface area contributed by atoms with Crippen molar-refractivity contribution in [2.45, 2.75) is 19.3 Å². The van der Waals surface area contributed by atoms with E-state index < -0.39 is 11.7 Å². The fraction of sp³-hybridized carbons (Fsp3) is 0.238. The van der Waals surface area contributed by atoms with Gasteiger partial charge in [-0.3, -0.25) is 9.48 Å². The van der Waals surface area contributed by atoms with Crippen molar-refractivity contribution in [2.24, 2.45) is 0 Å². The summed E-state index contributed by atoms with van der Waals surface area (Å²) in [6.45, 7) is 0.722. The fourth-order valence-electron chi connectivity index (χ4n) is 2.70. The Morgan fingerprint density at radius 1 is 1.07 bits per heavy atom. The molecule has 0 bridgehead atoms. The summed E-state index contributed by atoms with van der Waals surface area (Å²) < 4.78 is 44.8. The van der Waals surface area contributed by atoms with E-state index in [4.69, 9.17) is 4.74 Å². The Bertz CT molecular complexity index is 938. The van der Waals surface area contributed by atoms with Crippen molar-refractivity contribution in [2.75, 3.05) is 13.7 Å². The summed E-state index contributed by atoms with van der Waals surface area (Å²) in [4.78, 5) is 13.7. The first-order valence-electron chi connectivity index (χ1n) is 8.90. The van der Waals surface area contributed by atoms with Crippen molar-refractivity contribution < 1.29 is 22.7 Å². The van der Waals surface area contributed by atoms with E-state index in [1.165, 1.54) is 17.0 Å². The van der Waals surface area contributed by atoms with Crippen molar-refractivity contribution in [3.8, 4) is 5.75 Å². The van der Waals surface area contributed by atoms with Crippen molar-refractivity contribution in [1.82, 2.24) is 14.7 Å². The number of rotatable bonds is 7. The quantitative estimate of drug-likeness (QED) is 0.599. The second kappa shape index (κ2) is 8.81. The molecule has 1 heterocycles. The molecule has 2 aromatic carbocycles. The van der Waals surface area contributed by atoms with Gasteiger partial charge in [0.05, 0.1) is 18.3 Å². The summed E-state index contributed by atoms with van der Waals surface area (Å²) >= 11 is 0. The topological polar surface area (TPSA) is 47.4 Å². The molecule has 1 amide bonds. The van der Waals surface area contributed by atoms with E-state index in [1.807, 2.05) is 36.5 Å². The smallest absolute Gasteiger partial charge is 0.416 e. The lowest BCUT2D eigenvalue weighted by molar-refractivity contribution is -0.137. The van der Waals surface area contributed by atoms with E-state index >= 15 is 0 Å². The molecule has 8 heteroatoms. The lowest BCUT2D eigenvalue weighted by Crippen LogP contribution is -2.30. The molecule has 0 saturated heterocycles. The second-order valence-corrected chi connectivity index (χ2v) is 6.59. The van der Waals surface area contributed by atoms with Crippen LogP contribution in [-0.2, 0) is 24.1 Å². The average molecular weight is 403 g/mol. The molecule has 0 unspecified atom stereocenters. The maximum absolute atomic E-state index is 12.6. The number of hydrogen-bond acceptors (Lipinski definition) is 3. The van der Waals surface area contributed by atoms with E-state index in [1.54, 1.807) is 17.9 Å². The molecule has 0 spiro atoms. The minimum Gasteiger partial charge on any atom is -0.484 e. The van der Waals surface area contributed by atoms with Crippen molar-refractivity contribution in [3.05, 3.63) is 83.7 Å². The first kappa shape index (κ1) is 20.4. The van der Waals surface area contributed by atoms with E-state index in [0.717, 1.165) is 23.3 Å². The third kappa shape index (κ3) is 5.84. The summed E-state index contributed by atoms with van der Waals surface area (Å²) in [5, 5.41) is 4.30. The highest BCUT2D eigenvalue weighted by Gasteiger charge is 2.30. The lowest BCUT2D eigenvalue weighted by atomic mass is 10.2. The van der Waals surface area contributed by atoms with Gasteiger partial charge in [-0.15, -0.1) is 0 Å². The van der Waals surface area contributed by atoms with Gasteiger partial charge in [0, 0.05) is 25.4 Å². The third-order valence-corrected chi connectivity index (χ3v) is 4.26. The van der Waals surface area contributed by atoms with Gasteiger partial charge in [0.2, 0.25) is 0 Å². The van der Waals surface area contributed by atoms with E-state index in [0.29, 0.717) is 13.1 Å². The van der Waals surface area contributed by atoms with E-state index in [9.17, 15) is 18.0 Å². The molecule has 0 aliphatic rings. The Balaban J connectivity index is 1.49. The third-order valence-electron chi connectivity index (χ3n) is 4.26. The van der Waals surface area contributed by atoms with Crippen LogP contribution in [0.15, 0.2) is 67.0 Å². The monoisotopic (exact) mass is 403 g/mol. The lowest BCUT2D eigenvalue weighted by Gasteiger charge is -2.16. The first-order valence-corrected chi connectivity index (χ1v) is 8.90. The number of ether oxygens (including phenoxy) is 1. The van der Waals surface area contributed by atoms with Crippen molar-refractivity contribution >= 4 is 5.91 Å². The molecule has 3 aromatic rings. The molecule has 5 nitrogen and oxygen atoms in total. The van der Waals surface area contributed by atoms with Crippen LogP contribution >= 0.6 is 0 Å². The average Bonchev–Trinajstić information content (AvgIpc) is 3.13. The number of aromatic nitrogens is 2. The van der Waals surface area contributed by atoms with Crippen LogP contribution in [-0.4, -0.2) is 34.2 Å². The van der Waals surface area contributed by atoms with Gasteiger partial charge in [-0.2, -0.15) is 18.3 Å². The van der Waals surface area contributed by atoms with Gasteiger partial charge < -0.3 is 9.64 Å². The maximum Gasteiger partial charge on any atom is 0.416 e. The molecule has 0 atom stereocenters. The maximum atomic E-state index is 12.6. The number of carbonyl (C=O) groups excluding carboxylic acids is 1. The molecule has 3 rings (SSSR count). The van der Waals surface area contributed by atoms with Gasteiger partial charge in [-0.1, -0.05) is 30.3 Å². The summed E-state index contributed by atoms with van der Waals surface area (Å²) in [5.74, 6) is -0.0869. The number of benzene rings is 2. The molecule has 0 N–H and O–H groups in total. The molecule has 29 heavy (non-hydrogen) atoms. The number of alkyl halides is 3. The van der Waals surface area contributed by atoms with Gasteiger partial charge in [0.1, 0.15) is 5.75 Å². The zero-order chi connectivity index (χ0) is 20.9. The highest BCUT2D eigenvalue weighted by molar-refractivity contribution is 5.77. The van der Waals surface area contributed by atoms with Crippen LogP contribution in [0, 0.1) is 0 Å². The Hall–Kier alpha value is -3.29. The number of carbonyl (C=O) groups is 1. The first-order chi connectivity index (χ1) is 13.8. The number of nitrogens with zero attached hydrogens (tertiary/aromatic N) is 3. The van der Waals surface area contributed by atoms with Gasteiger partial charge in [0.25, 0.3) is 5.91 Å². The SMILES string of the molecule is CN(Cc1cnn(Cc2ccccc2)c1)C(=O)COc1ccc(C(F)(F)F)cc1. The molecule has 0 saturated carbocycles. The largest absolute Gasteiger partial charge is 0.484 e. The molecule has 1 aromatic heterocycles. The van der Waals surface area contributed by atoms with Gasteiger partial charge in [-0.05, 0) is 29.8 Å². The minimum absolute atomic E-state index is 0.204. The fourth-order valence-corrected chi connectivity index (χ4v) is 2.70. The van der Waals surface area contributed by atoms with Gasteiger partial charge >= 0.3 is 6.18 Å². The van der Waals surface area contributed by atoms with Gasteiger partial charge in [-0.25, -0.2) is 0 Å². The molecule has 0 aliphatic heterocycles. The molecule has 0 fully saturated rings. The van der Waals surface area contributed by atoms with Crippen LogP contribution < -0.4 is 4.74 Å². The summed E-state index contributed by atoms with van der Waals surface area (Å²) in [7, 11) is 1.63. The summed E-state index contributed by atoms with van der Waals surface area (Å²) in [6, 6.07) is 14.1. The predicted molar refractivity (Wildman–Crippen MR) is 101 cm³/mol. The van der Waals surface area contributed by atoms with Crippen LogP contribution in [0.1, 0.15) is 16.7 Å². The molecular weight excluding hydrogens is 383 g/mol. The Labute approximate surface area is 166 Å². The normalized spacial score (nSPS) is 11.3. The molecular formula is C21H20F3N3O2. The summed E-state index contributed by atoms with van der Waals surface area (Å²) in [6.07, 6.45) is -0.837. The summed E-state index contributed by atoms with van der Waals surface area (Å²) in [5.41, 5.74) is 1.23. The zero-order valence-corrected chi connectivity index (χ0v) is 15.8. The number of amides is 1. The van der Waals surface area contributed by atoms with Crippen LogP contribution in [0.2, 0.25) is 0 Å². The van der Waals surface area contributed by atoms with E-state index in [2.05, 4.69) is 5.10 Å². The molecule has 0 aliphatic carbocycles. The zero-order valence-electron chi connectivity index (χ0n) is 15.8. The Kier molecular flexibility index (Phi) is 6.21. The van der Waals surface area contributed by atoms with Crippen LogP contribution in [0.5, 0.6) is 5.75 Å². The number of likely N-dealkylation sites (N-methyl/N-ethyl adjacent to an activating group) is 1. The van der Waals surface area contributed by atoms with Crippen molar-refractivity contribution in [1.29, 1.82) is 0 Å². The number of hydrogen-bond donors (Lipinski definition) is 0. The predicted octanol–water partition coefficient (Wildman–Crippen LogP) is 3.99. The van der Waals surface area contributed by atoms with Gasteiger partial charge in [0.15, 0.2) is 6.61 Å².